The molecule has 1 aromatic heterocycles. The van der Waals surface area contributed by atoms with E-state index in [1.807, 2.05) is 36.6 Å². The Hall–Kier alpha value is -2.11. The monoisotopic (exact) mass is 329 g/mol. The summed E-state index contributed by atoms with van der Waals surface area (Å²) in [6.45, 7) is 0. The number of thioether (sulfide) groups is 1. The zero-order valence-electron chi connectivity index (χ0n) is 11.7. The molecule has 22 heavy (non-hydrogen) atoms. The van der Waals surface area contributed by atoms with Crippen LogP contribution in [0.15, 0.2) is 63.6 Å². The average Bonchev–Trinajstić information content (AvgIpc) is 2.55. The highest BCUT2D eigenvalue weighted by Crippen LogP contribution is 2.15. The predicted octanol–water partition coefficient (Wildman–Crippen LogP) is 3.65. The summed E-state index contributed by atoms with van der Waals surface area (Å²) < 4.78 is 1.32. The predicted molar refractivity (Wildman–Crippen MR) is 92.2 cm³/mol. The molecule has 0 saturated heterocycles. The van der Waals surface area contributed by atoms with Gasteiger partial charge >= 0.3 is 0 Å². The van der Waals surface area contributed by atoms with E-state index in [2.05, 4.69) is 10.1 Å². The second-order valence-electron chi connectivity index (χ2n) is 4.53. The maximum absolute atomic E-state index is 12.6. The number of rotatable bonds is 3. The molecule has 1 heterocycles. The van der Waals surface area contributed by atoms with Crippen molar-refractivity contribution in [1.29, 1.82) is 0 Å². The van der Waals surface area contributed by atoms with Crippen LogP contribution in [0.25, 0.3) is 10.9 Å². The lowest BCUT2D eigenvalue weighted by Gasteiger charge is -2.06. The summed E-state index contributed by atoms with van der Waals surface area (Å²) in [5, 5.41) is 6.04. The van der Waals surface area contributed by atoms with Gasteiger partial charge in [-0.05, 0) is 36.1 Å². The van der Waals surface area contributed by atoms with Crippen molar-refractivity contribution >= 4 is 40.5 Å². The van der Waals surface area contributed by atoms with Crippen LogP contribution < -0.4 is 5.56 Å². The summed E-state index contributed by atoms with van der Waals surface area (Å²) in [6.07, 6.45) is 3.48. The second kappa shape index (κ2) is 6.34. The van der Waals surface area contributed by atoms with Crippen LogP contribution in [0.4, 0.5) is 0 Å². The van der Waals surface area contributed by atoms with Gasteiger partial charge in [0.15, 0.2) is 5.16 Å². The highest BCUT2D eigenvalue weighted by atomic mass is 35.5. The molecule has 0 unspecified atom stereocenters. The molecule has 0 saturated carbocycles. The number of para-hydroxylation sites is 1. The van der Waals surface area contributed by atoms with E-state index in [9.17, 15) is 4.79 Å². The molecule has 0 bridgehead atoms. The first kappa shape index (κ1) is 14.8. The van der Waals surface area contributed by atoms with Crippen molar-refractivity contribution in [2.45, 2.75) is 5.16 Å². The second-order valence-corrected chi connectivity index (χ2v) is 5.74. The van der Waals surface area contributed by atoms with Crippen molar-refractivity contribution in [3.05, 3.63) is 69.5 Å². The molecular weight excluding hydrogens is 318 g/mol. The van der Waals surface area contributed by atoms with Crippen molar-refractivity contribution in [2.75, 3.05) is 6.26 Å². The zero-order valence-corrected chi connectivity index (χ0v) is 13.3. The lowest BCUT2D eigenvalue weighted by atomic mass is 10.2. The summed E-state index contributed by atoms with van der Waals surface area (Å²) in [6, 6.07) is 14.5. The van der Waals surface area contributed by atoms with Crippen LogP contribution >= 0.6 is 23.4 Å². The first-order chi connectivity index (χ1) is 10.7. The molecule has 3 aromatic rings. The van der Waals surface area contributed by atoms with E-state index in [0.717, 1.165) is 5.56 Å². The molecule has 0 aliphatic carbocycles. The van der Waals surface area contributed by atoms with E-state index in [1.54, 1.807) is 24.4 Å². The number of nitrogens with zero attached hydrogens (tertiary/aromatic N) is 3. The van der Waals surface area contributed by atoms with Gasteiger partial charge in [0.1, 0.15) is 0 Å². The van der Waals surface area contributed by atoms with Crippen LogP contribution in [0.2, 0.25) is 5.02 Å². The van der Waals surface area contributed by atoms with Crippen molar-refractivity contribution in [3.8, 4) is 0 Å². The van der Waals surface area contributed by atoms with E-state index >= 15 is 0 Å². The normalized spacial score (nSPS) is 11.4. The standard InChI is InChI=1S/C16H12ClN3OS/c1-22-16-19-14-5-3-2-4-13(14)15(21)20(16)18-10-11-6-8-12(17)9-7-11/h2-10H,1H3. The van der Waals surface area contributed by atoms with Crippen molar-refractivity contribution in [2.24, 2.45) is 5.10 Å². The van der Waals surface area contributed by atoms with Gasteiger partial charge in [0.05, 0.1) is 17.1 Å². The molecule has 0 radical (unpaired) electrons. The minimum absolute atomic E-state index is 0.180. The van der Waals surface area contributed by atoms with Gasteiger partial charge in [-0.1, -0.05) is 47.6 Å². The lowest BCUT2D eigenvalue weighted by Crippen LogP contribution is -2.19. The molecule has 6 heteroatoms. The van der Waals surface area contributed by atoms with Crippen LogP contribution in [-0.2, 0) is 0 Å². The Balaban J connectivity index is 2.11. The van der Waals surface area contributed by atoms with Crippen molar-refractivity contribution in [1.82, 2.24) is 9.66 Å². The van der Waals surface area contributed by atoms with Crippen molar-refractivity contribution < 1.29 is 0 Å². The molecule has 0 N–H and O–H groups in total. The summed E-state index contributed by atoms with van der Waals surface area (Å²) in [5.74, 6) is 0. The number of fused-ring (bicyclic) bond motifs is 1. The lowest BCUT2D eigenvalue weighted by molar-refractivity contribution is 0.708. The molecule has 0 amide bonds. The summed E-state index contributed by atoms with van der Waals surface area (Å²) >= 11 is 7.23. The Kier molecular flexibility index (Phi) is 4.27. The number of aromatic nitrogens is 2. The van der Waals surface area contributed by atoms with Gasteiger partial charge in [0.2, 0.25) is 0 Å². The Morgan fingerprint density at radius 2 is 1.91 bits per heavy atom. The first-order valence-corrected chi connectivity index (χ1v) is 8.15. The number of halogens is 1. The highest BCUT2D eigenvalue weighted by molar-refractivity contribution is 7.98. The number of benzene rings is 2. The Labute approximate surface area is 136 Å². The topological polar surface area (TPSA) is 47.2 Å². The van der Waals surface area contributed by atoms with Crippen LogP contribution in [0, 0.1) is 0 Å². The van der Waals surface area contributed by atoms with Gasteiger partial charge in [-0.15, -0.1) is 0 Å². The van der Waals surface area contributed by atoms with E-state index in [1.165, 1.54) is 16.4 Å². The third kappa shape index (κ3) is 2.91. The van der Waals surface area contributed by atoms with E-state index in [0.29, 0.717) is 21.1 Å². The molecule has 0 aliphatic heterocycles. The summed E-state index contributed by atoms with van der Waals surface area (Å²) in [4.78, 5) is 17.0. The molecule has 0 spiro atoms. The van der Waals surface area contributed by atoms with Crippen LogP contribution in [0.1, 0.15) is 5.56 Å². The molecular formula is C16H12ClN3OS. The Morgan fingerprint density at radius 1 is 1.18 bits per heavy atom. The number of hydrogen-bond donors (Lipinski definition) is 0. The fraction of sp³-hybridized carbons (Fsp3) is 0.0625. The molecule has 0 aliphatic rings. The van der Waals surface area contributed by atoms with Crippen LogP contribution in [0.3, 0.4) is 0 Å². The molecule has 3 rings (SSSR count). The zero-order chi connectivity index (χ0) is 15.5. The fourth-order valence-corrected chi connectivity index (χ4v) is 2.63. The molecule has 0 fully saturated rings. The quantitative estimate of drug-likeness (QED) is 0.418. The van der Waals surface area contributed by atoms with Crippen LogP contribution in [0.5, 0.6) is 0 Å². The van der Waals surface area contributed by atoms with E-state index < -0.39 is 0 Å². The Morgan fingerprint density at radius 3 is 2.64 bits per heavy atom. The molecule has 110 valence electrons. The highest BCUT2D eigenvalue weighted by Gasteiger charge is 2.08. The van der Waals surface area contributed by atoms with Crippen molar-refractivity contribution in [3.63, 3.8) is 0 Å². The average molecular weight is 330 g/mol. The maximum atomic E-state index is 12.6. The van der Waals surface area contributed by atoms with E-state index in [4.69, 9.17) is 11.6 Å². The van der Waals surface area contributed by atoms with Gasteiger partial charge in [0, 0.05) is 5.02 Å². The molecule has 0 atom stereocenters. The van der Waals surface area contributed by atoms with Gasteiger partial charge in [-0.2, -0.15) is 9.78 Å². The van der Waals surface area contributed by atoms with Gasteiger partial charge in [-0.25, -0.2) is 4.98 Å². The maximum Gasteiger partial charge on any atom is 0.282 e. The minimum atomic E-state index is -0.180. The van der Waals surface area contributed by atoms with Gasteiger partial charge < -0.3 is 0 Å². The Bertz CT molecular complexity index is 903. The number of hydrogen-bond acceptors (Lipinski definition) is 4. The molecule has 4 nitrogen and oxygen atoms in total. The van der Waals surface area contributed by atoms with Gasteiger partial charge in [-0.3, -0.25) is 4.79 Å². The van der Waals surface area contributed by atoms with Crippen LogP contribution in [-0.4, -0.2) is 22.1 Å². The SMILES string of the molecule is CSc1nc2ccccc2c(=O)n1N=Cc1ccc(Cl)cc1. The smallest absolute Gasteiger partial charge is 0.267 e. The summed E-state index contributed by atoms with van der Waals surface area (Å²) in [5.41, 5.74) is 1.35. The third-order valence-corrected chi connectivity index (χ3v) is 3.98. The third-order valence-electron chi connectivity index (χ3n) is 3.10. The summed E-state index contributed by atoms with van der Waals surface area (Å²) in [7, 11) is 0. The van der Waals surface area contributed by atoms with Gasteiger partial charge in [0.25, 0.3) is 5.56 Å². The fourth-order valence-electron chi connectivity index (χ4n) is 2.01. The largest absolute Gasteiger partial charge is 0.282 e. The molecule has 2 aromatic carbocycles. The first-order valence-electron chi connectivity index (χ1n) is 6.55. The van der Waals surface area contributed by atoms with E-state index in [-0.39, 0.29) is 5.56 Å². The minimum Gasteiger partial charge on any atom is -0.267 e.